The first-order chi connectivity index (χ1) is 16.9. The Morgan fingerprint density at radius 2 is 1.94 bits per heavy atom. The third-order valence-electron chi connectivity index (χ3n) is 6.96. The highest BCUT2D eigenvalue weighted by molar-refractivity contribution is 5.89. The molecule has 7 nitrogen and oxygen atoms in total. The third-order valence-corrected chi connectivity index (χ3v) is 6.96. The van der Waals surface area contributed by atoms with Crippen molar-refractivity contribution in [2.24, 2.45) is 7.05 Å². The van der Waals surface area contributed by atoms with Crippen LogP contribution in [0.3, 0.4) is 0 Å². The predicted molar refractivity (Wildman–Crippen MR) is 126 cm³/mol. The fraction of sp³-hybridized carbons (Fsp3) is 0.385. The van der Waals surface area contributed by atoms with Crippen molar-refractivity contribution >= 4 is 11.0 Å². The van der Waals surface area contributed by atoms with E-state index in [2.05, 4.69) is 5.10 Å². The summed E-state index contributed by atoms with van der Waals surface area (Å²) in [5.41, 5.74) is 2.40. The highest BCUT2D eigenvalue weighted by atomic mass is 19.1. The summed E-state index contributed by atoms with van der Waals surface area (Å²) in [4.78, 5) is 22.6. The zero-order valence-electron chi connectivity index (χ0n) is 19.5. The molecule has 1 aliphatic heterocycles. The van der Waals surface area contributed by atoms with Crippen molar-refractivity contribution in [3.8, 4) is 11.3 Å². The van der Waals surface area contributed by atoms with Crippen molar-refractivity contribution in [3.05, 3.63) is 75.6 Å². The molecule has 0 N–H and O–H groups in total. The number of benzene rings is 1. The Labute approximate surface area is 200 Å². The fourth-order valence-corrected chi connectivity index (χ4v) is 4.94. The molecule has 0 radical (unpaired) electrons. The minimum atomic E-state index is -0.735. The molecule has 6 rings (SSSR count). The smallest absolute Gasteiger partial charge is 0.210 e. The van der Waals surface area contributed by atoms with Crippen LogP contribution in [0.15, 0.2) is 41.6 Å². The van der Waals surface area contributed by atoms with Crippen LogP contribution in [-0.4, -0.2) is 30.9 Å². The van der Waals surface area contributed by atoms with Crippen LogP contribution in [0.25, 0.3) is 22.3 Å². The lowest BCUT2D eigenvalue weighted by molar-refractivity contribution is 0.00397. The minimum absolute atomic E-state index is 0.0881. The zero-order valence-corrected chi connectivity index (χ0v) is 19.5. The van der Waals surface area contributed by atoms with E-state index in [0.29, 0.717) is 42.4 Å². The fourth-order valence-electron chi connectivity index (χ4n) is 4.94. The quantitative estimate of drug-likeness (QED) is 0.424. The Bertz CT molecular complexity index is 1510. The Balaban J connectivity index is 1.46. The van der Waals surface area contributed by atoms with E-state index in [4.69, 9.17) is 14.7 Å². The second-order valence-electron chi connectivity index (χ2n) is 9.57. The molecule has 2 atom stereocenters. The standard InChI is InChI=1S/C26H25F2N5O2/c1-14-12-32(2)24-22(19-6-3-17(27)10-20(19)28)30-26(31-23(24)25(14)34)15-7-8-35-21(9-15)16-11-29-33(13-16)18-4-5-18/h3,6,10-13,15,18,21H,4-5,7-9H2,1-2H3/t15-,21+/m1/s1. The Kier molecular flexibility index (Phi) is 5.25. The van der Waals surface area contributed by atoms with Crippen LogP contribution in [0.5, 0.6) is 0 Å². The van der Waals surface area contributed by atoms with Gasteiger partial charge in [-0.05, 0) is 44.7 Å². The molecular formula is C26H25F2N5O2. The van der Waals surface area contributed by atoms with Crippen LogP contribution < -0.4 is 5.43 Å². The number of fused-ring (bicyclic) bond motifs is 1. The Hall–Kier alpha value is -3.46. The van der Waals surface area contributed by atoms with Crippen molar-refractivity contribution in [1.82, 2.24) is 24.3 Å². The number of hydrogen-bond acceptors (Lipinski definition) is 5. The predicted octanol–water partition coefficient (Wildman–Crippen LogP) is 4.75. The summed E-state index contributed by atoms with van der Waals surface area (Å²) < 4.78 is 38.3. The molecule has 4 aromatic rings. The van der Waals surface area contributed by atoms with Gasteiger partial charge in [-0.3, -0.25) is 9.48 Å². The summed E-state index contributed by atoms with van der Waals surface area (Å²) in [7, 11) is 1.77. The van der Waals surface area contributed by atoms with Crippen LogP contribution in [0.1, 0.15) is 60.7 Å². The number of nitrogens with zero attached hydrogens (tertiary/aromatic N) is 5. The highest BCUT2D eigenvalue weighted by Gasteiger charge is 2.31. The van der Waals surface area contributed by atoms with Crippen molar-refractivity contribution in [2.75, 3.05) is 6.61 Å². The van der Waals surface area contributed by atoms with E-state index in [1.165, 1.54) is 12.1 Å². The van der Waals surface area contributed by atoms with Crippen molar-refractivity contribution < 1.29 is 13.5 Å². The van der Waals surface area contributed by atoms with Crippen LogP contribution >= 0.6 is 0 Å². The first kappa shape index (κ1) is 22.0. The molecule has 0 spiro atoms. The second kappa shape index (κ2) is 8.34. The van der Waals surface area contributed by atoms with Gasteiger partial charge in [0.25, 0.3) is 0 Å². The molecule has 35 heavy (non-hydrogen) atoms. The maximum absolute atomic E-state index is 14.9. The van der Waals surface area contributed by atoms with Gasteiger partial charge >= 0.3 is 0 Å². The monoisotopic (exact) mass is 477 g/mol. The topological polar surface area (TPSA) is 74.8 Å². The molecule has 4 heterocycles. The molecule has 180 valence electrons. The molecule has 9 heteroatoms. The maximum Gasteiger partial charge on any atom is 0.210 e. The van der Waals surface area contributed by atoms with Crippen LogP contribution in [0, 0.1) is 18.6 Å². The lowest BCUT2D eigenvalue weighted by Gasteiger charge is -2.28. The first-order valence-electron chi connectivity index (χ1n) is 11.9. The largest absolute Gasteiger partial charge is 0.373 e. The number of aromatic nitrogens is 5. The van der Waals surface area contributed by atoms with E-state index in [9.17, 15) is 13.6 Å². The number of halogens is 2. The molecule has 0 bridgehead atoms. The van der Waals surface area contributed by atoms with Gasteiger partial charge in [0.05, 0.1) is 23.9 Å². The summed E-state index contributed by atoms with van der Waals surface area (Å²) in [6.07, 6.45) is 9.02. The van der Waals surface area contributed by atoms with Gasteiger partial charge in [-0.2, -0.15) is 5.10 Å². The van der Waals surface area contributed by atoms with Gasteiger partial charge < -0.3 is 9.30 Å². The summed E-state index contributed by atoms with van der Waals surface area (Å²) in [5.74, 6) is -1.02. The van der Waals surface area contributed by atoms with Crippen LogP contribution in [-0.2, 0) is 11.8 Å². The van der Waals surface area contributed by atoms with Crippen LogP contribution in [0.4, 0.5) is 8.78 Å². The molecule has 2 aliphatic rings. The number of hydrogen-bond donors (Lipinski definition) is 0. The molecular weight excluding hydrogens is 452 g/mol. The lowest BCUT2D eigenvalue weighted by atomic mass is 9.92. The van der Waals surface area contributed by atoms with Gasteiger partial charge in [0.1, 0.15) is 28.7 Å². The van der Waals surface area contributed by atoms with Crippen molar-refractivity contribution in [2.45, 2.75) is 50.7 Å². The van der Waals surface area contributed by atoms with Crippen molar-refractivity contribution in [1.29, 1.82) is 0 Å². The zero-order chi connectivity index (χ0) is 24.3. The average molecular weight is 478 g/mol. The van der Waals surface area contributed by atoms with E-state index in [1.54, 1.807) is 24.7 Å². The molecule has 0 amide bonds. The molecule has 0 unspecified atom stereocenters. The van der Waals surface area contributed by atoms with Crippen molar-refractivity contribution in [3.63, 3.8) is 0 Å². The third kappa shape index (κ3) is 3.93. The molecule has 2 fully saturated rings. The molecule has 3 aromatic heterocycles. The summed E-state index contributed by atoms with van der Waals surface area (Å²) in [5, 5.41) is 4.48. The molecule has 1 aromatic carbocycles. The van der Waals surface area contributed by atoms with E-state index >= 15 is 0 Å². The Morgan fingerprint density at radius 1 is 1.11 bits per heavy atom. The van der Waals surface area contributed by atoms with Crippen LogP contribution in [0.2, 0.25) is 0 Å². The van der Waals surface area contributed by atoms with E-state index in [0.717, 1.165) is 24.5 Å². The van der Waals surface area contributed by atoms with Gasteiger partial charge in [0.15, 0.2) is 0 Å². The summed E-state index contributed by atoms with van der Waals surface area (Å²) in [6, 6.07) is 3.87. The van der Waals surface area contributed by atoms with E-state index in [-0.39, 0.29) is 34.2 Å². The lowest BCUT2D eigenvalue weighted by Crippen LogP contribution is -2.22. The average Bonchev–Trinajstić information content (AvgIpc) is 3.58. The number of rotatable bonds is 4. The first-order valence-corrected chi connectivity index (χ1v) is 11.9. The molecule has 1 saturated heterocycles. The normalized spacial score (nSPS) is 20.5. The number of aryl methyl sites for hydroxylation is 2. The van der Waals surface area contributed by atoms with Gasteiger partial charge in [-0.25, -0.2) is 18.7 Å². The Morgan fingerprint density at radius 3 is 2.71 bits per heavy atom. The molecule has 1 saturated carbocycles. The number of ether oxygens (including phenoxy) is 1. The highest BCUT2D eigenvalue weighted by Crippen LogP contribution is 2.40. The SMILES string of the molecule is Cc1cn(C)c2c(-c3ccc(F)cc3F)nc([C@@H]3CCO[C@H](c4cnn(C5CC5)c4)C3)nc2c1=O. The number of pyridine rings is 1. The van der Waals surface area contributed by atoms with Gasteiger partial charge in [-0.15, -0.1) is 0 Å². The van der Waals surface area contributed by atoms with Gasteiger partial charge in [-0.1, -0.05) is 0 Å². The molecule has 1 aliphatic carbocycles. The maximum atomic E-state index is 14.9. The van der Waals surface area contributed by atoms with Gasteiger partial charge in [0.2, 0.25) is 5.43 Å². The van der Waals surface area contributed by atoms with E-state index < -0.39 is 11.6 Å². The minimum Gasteiger partial charge on any atom is -0.373 e. The summed E-state index contributed by atoms with van der Waals surface area (Å²) >= 11 is 0. The summed E-state index contributed by atoms with van der Waals surface area (Å²) in [6.45, 7) is 2.24. The second-order valence-corrected chi connectivity index (χ2v) is 9.57. The van der Waals surface area contributed by atoms with Gasteiger partial charge in [0, 0.05) is 54.7 Å². The van der Waals surface area contributed by atoms with E-state index in [1.807, 2.05) is 17.1 Å².